The predicted octanol–water partition coefficient (Wildman–Crippen LogP) is 4.69. The van der Waals surface area contributed by atoms with Crippen LogP contribution in [0.15, 0.2) is 18.2 Å². The standard InChI is InChI=1S/C23H38BNO4/c1-16(2)14-25(20(26)27-21(4,5)6)15-18-13-19(12-11-17(18)3)24-28-22(7,8)23(9,10)29-24/h11-13,16H,14-15H2,1-10H3. The van der Waals surface area contributed by atoms with E-state index in [1.54, 1.807) is 4.90 Å². The second-order valence-corrected chi connectivity index (χ2v) is 10.5. The van der Waals surface area contributed by atoms with Gasteiger partial charge in [-0.15, -0.1) is 0 Å². The molecule has 0 N–H and O–H groups in total. The lowest BCUT2D eigenvalue weighted by atomic mass is 9.77. The first-order chi connectivity index (χ1) is 13.1. The topological polar surface area (TPSA) is 48.0 Å². The van der Waals surface area contributed by atoms with Gasteiger partial charge < -0.3 is 18.9 Å². The van der Waals surface area contributed by atoms with E-state index in [0.29, 0.717) is 19.0 Å². The lowest BCUT2D eigenvalue weighted by Crippen LogP contribution is -2.41. The van der Waals surface area contributed by atoms with Crippen molar-refractivity contribution in [3.8, 4) is 0 Å². The van der Waals surface area contributed by atoms with Crippen molar-refractivity contribution in [3.63, 3.8) is 0 Å². The van der Waals surface area contributed by atoms with Gasteiger partial charge in [0.1, 0.15) is 5.60 Å². The molecule has 0 aliphatic carbocycles. The first-order valence-electron chi connectivity index (χ1n) is 10.5. The van der Waals surface area contributed by atoms with Gasteiger partial charge in [-0.2, -0.15) is 0 Å². The number of benzene rings is 1. The molecule has 1 heterocycles. The Labute approximate surface area is 177 Å². The van der Waals surface area contributed by atoms with Crippen molar-refractivity contribution in [2.45, 2.75) is 92.6 Å². The number of nitrogens with zero attached hydrogens (tertiary/aromatic N) is 1. The molecule has 1 aliphatic rings. The number of carbonyl (C=O) groups is 1. The van der Waals surface area contributed by atoms with Crippen molar-refractivity contribution in [1.82, 2.24) is 4.90 Å². The second-order valence-electron chi connectivity index (χ2n) is 10.5. The minimum Gasteiger partial charge on any atom is -0.444 e. The summed E-state index contributed by atoms with van der Waals surface area (Å²) in [5.74, 6) is 0.342. The first-order valence-corrected chi connectivity index (χ1v) is 10.5. The number of hydrogen-bond acceptors (Lipinski definition) is 4. The van der Waals surface area contributed by atoms with Crippen LogP contribution in [0.2, 0.25) is 0 Å². The monoisotopic (exact) mass is 403 g/mol. The Morgan fingerprint density at radius 2 is 1.69 bits per heavy atom. The van der Waals surface area contributed by atoms with Crippen LogP contribution in [0.25, 0.3) is 0 Å². The minimum absolute atomic E-state index is 0.286. The van der Waals surface area contributed by atoms with Crippen molar-refractivity contribution >= 4 is 18.7 Å². The van der Waals surface area contributed by atoms with Crippen LogP contribution in [0.4, 0.5) is 4.79 Å². The summed E-state index contributed by atoms with van der Waals surface area (Å²) in [5.41, 5.74) is 1.88. The third kappa shape index (κ3) is 5.99. The van der Waals surface area contributed by atoms with E-state index in [9.17, 15) is 4.79 Å². The normalized spacial score (nSPS) is 18.2. The van der Waals surface area contributed by atoms with E-state index in [4.69, 9.17) is 14.0 Å². The van der Waals surface area contributed by atoms with Crippen molar-refractivity contribution in [1.29, 1.82) is 0 Å². The van der Waals surface area contributed by atoms with Crippen molar-refractivity contribution in [2.24, 2.45) is 5.92 Å². The minimum atomic E-state index is -0.522. The maximum atomic E-state index is 12.8. The van der Waals surface area contributed by atoms with Crippen molar-refractivity contribution in [3.05, 3.63) is 29.3 Å². The number of hydrogen-bond donors (Lipinski definition) is 0. The van der Waals surface area contributed by atoms with E-state index >= 15 is 0 Å². The average molecular weight is 403 g/mol. The zero-order chi connectivity index (χ0) is 22.2. The average Bonchev–Trinajstić information content (AvgIpc) is 2.74. The SMILES string of the molecule is Cc1ccc(B2OC(C)(C)C(C)(C)O2)cc1CN(CC(C)C)C(=O)OC(C)(C)C. The van der Waals surface area contributed by atoms with Gasteiger partial charge in [-0.25, -0.2) is 4.79 Å². The smallest absolute Gasteiger partial charge is 0.444 e. The Hall–Kier alpha value is -1.53. The maximum Gasteiger partial charge on any atom is 0.494 e. The fraction of sp³-hybridized carbons (Fsp3) is 0.696. The maximum absolute atomic E-state index is 12.8. The summed E-state index contributed by atoms with van der Waals surface area (Å²) in [6.07, 6.45) is -0.286. The molecule has 1 aliphatic heterocycles. The lowest BCUT2D eigenvalue weighted by molar-refractivity contribution is 0.00578. The van der Waals surface area contributed by atoms with E-state index < -0.39 is 12.7 Å². The molecule has 1 saturated heterocycles. The van der Waals surface area contributed by atoms with Crippen LogP contribution in [0, 0.1) is 12.8 Å². The number of ether oxygens (including phenoxy) is 1. The lowest BCUT2D eigenvalue weighted by Gasteiger charge is -2.32. The summed E-state index contributed by atoms with van der Waals surface area (Å²) < 4.78 is 18.0. The highest BCUT2D eigenvalue weighted by molar-refractivity contribution is 6.62. The number of rotatable bonds is 5. The molecule has 1 aromatic rings. The molecule has 0 atom stereocenters. The molecule has 5 nitrogen and oxygen atoms in total. The summed E-state index contributed by atoms with van der Waals surface area (Å²) in [5, 5.41) is 0. The molecular formula is C23H38BNO4. The Balaban J connectivity index is 2.26. The van der Waals surface area contributed by atoms with Gasteiger partial charge in [-0.1, -0.05) is 32.0 Å². The third-order valence-electron chi connectivity index (χ3n) is 5.50. The summed E-state index contributed by atoms with van der Waals surface area (Å²) in [7, 11) is -0.417. The zero-order valence-corrected chi connectivity index (χ0v) is 19.9. The van der Waals surface area contributed by atoms with Crippen LogP contribution < -0.4 is 5.46 Å². The Morgan fingerprint density at radius 3 is 2.17 bits per heavy atom. The molecule has 0 aromatic heterocycles. The van der Waals surface area contributed by atoms with E-state index in [-0.39, 0.29) is 17.3 Å². The fourth-order valence-electron chi connectivity index (χ4n) is 3.16. The van der Waals surface area contributed by atoms with Crippen LogP contribution in [0.1, 0.15) is 73.4 Å². The predicted molar refractivity (Wildman–Crippen MR) is 118 cm³/mol. The van der Waals surface area contributed by atoms with E-state index in [1.807, 2.05) is 26.8 Å². The first kappa shape index (κ1) is 23.8. The fourth-order valence-corrected chi connectivity index (χ4v) is 3.16. The van der Waals surface area contributed by atoms with Gasteiger partial charge in [0.25, 0.3) is 0 Å². The molecule has 1 aromatic carbocycles. The van der Waals surface area contributed by atoms with Gasteiger partial charge in [0.2, 0.25) is 0 Å². The zero-order valence-electron chi connectivity index (χ0n) is 19.9. The summed E-state index contributed by atoms with van der Waals surface area (Å²) in [6.45, 7) is 21.3. The summed E-state index contributed by atoms with van der Waals surface area (Å²) >= 11 is 0. The second kappa shape index (κ2) is 8.31. The van der Waals surface area contributed by atoms with Crippen LogP contribution in [-0.2, 0) is 20.6 Å². The van der Waals surface area contributed by atoms with Gasteiger partial charge in [-0.3, -0.25) is 0 Å². The molecule has 29 heavy (non-hydrogen) atoms. The highest BCUT2D eigenvalue weighted by Gasteiger charge is 2.51. The highest BCUT2D eigenvalue weighted by atomic mass is 16.7. The van der Waals surface area contributed by atoms with Gasteiger partial charge in [0, 0.05) is 13.1 Å². The molecule has 2 rings (SSSR count). The summed E-state index contributed by atoms with van der Waals surface area (Å²) in [4.78, 5) is 14.6. The van der Waals surface area contributed by atoms with Crippen molar-refractivity contribution < 1.29 is 18.8 Å². The van der Waals surface area contributed by atoms with Gasteiger partial charge in [0.05, 0.1) is 11.2 Å². The molecule has 0 unspecified atom stereocenters. The number of carbonyl (C=O) groups excluding carboxylic acids is 1. The largest absolute Gasteiger partial charge is 0.494 e. The van der Waals surface area contributed by atoms with Gasteiger partial charge in [-0.05, 0) is 77.9 Å². The molecule has 6 heteroatoms. The van der Waals surface area contributed by atoms with Crippen LogP contribution in [0.3, 0.4) is 0 Å². The van der Waals surface area contributed by atoms with Gasteiger partial charge >= 0.3 is 13.2 Å². The Kier molecular flexibility index (Phi) is 6.80. The van der Waals surface area contributed by atoms with Crippen molar-refractivity contribution in [2.75, 3.05) is 6.54 Å². The molecule has 0 radical (unpaired) electrons. The summed E-state index contributed by atoms with van der Waals surface area (Å²) in [6, 6.07) is 6.20. The van der Waals surface area contributed by atoms with Gasteiger partial charge in [0.15, 0.2) is 0 Å². The molecule has 162 valence electrons. The van der Waals surface area contributed by atoms with Crippen LogP contribution >= 0.6 is 0 Å². The van der Waals surface area contributed by atoms with E-state index in [2.05, 4.69) is 60.6 Å². The molecule has 0 bridgehead atoms. The van der Waals surface area contributed by atoms with E-state index in [1.165, 1.54) is 0 Å². The third-order valence-corrected chi connectivity index (χ3v) is 5.50. The van der Waals surface area contributed by atoms with E-state index in [0.717, 1.165) is 16.6 Å². The molecule has 0 spiro atoms. The molecule has 0 saturated carbocycles. The number of aryl methyl sites for hydroxylation is 1. The molecule has 1 amide bonds. The quantitative estimate of drug-likeness (QED) is 0.670. The molecule has 1 fully saturated rings. The van der Waals surface area contributed by atoms with Crippen LogP contribution in [0.5, 0.6) is 0 Å². The molecular weight excluding hydrogens is 365 g/mol. The Morgan fingerprint density at radius 1 is 1.14 bits per heavy atom. The number of amides is 1. The Bertz CT molecular complexity index is 721. The van der Waals surface area contributed by atoms with Crippen LogP contribution in [-0.4, -0.2) is 41.5 Å². The highest BCUT2D eigenvalue weighted by Crippen LogP contribution is 2.36.